The first-order valence-corrected chi connectivity index (χ1v) is 7.30. The van der Waals surface area contributed by atoms with Crippen molar-refractivity contribution in [2.75, 3.05) is 13.1 Å². The quantitative estimate of drug-likeness (QED) is 0.537. The van der Waals surface area contributed by atoms with Crippen LogP contribution in [-0.4, -0.2) is 28.7 Å². The van der Waals surface area contributed by atoms with Crippen molar-refractivity contribution in [3.63, 3.8) is 0 Å². The fraction of sp³-hybridized carbons (Fsp3) is 0.818. The minimum atomic E-state index is 0.00880. The zero-order chi connectivity index (χ0) is 12.7. The molecule has 0 saturated carbocycles. The zero-order valence-electron chi connectivity index (χ0n) is 10.7. The van der Waals surface area contributed by atoms with Crippen LogP contribution in [0.2, 0.25) is 0 Å². The molecule has 0 aromatic rings. The highest BCUT2D eigenvalue weighted by Crippen LogP contribution is 2.11. The van der Waals surface area contributed by atoms with Gasteiger partial charge in [-0.1, -0.05) is 31.9 Å². The van der Waals surface area contributed by atoms with Crippen LogP contribution in [0.15, 0.2) is 11.1 Å². The third kappa shape index (κ3) is 5.52. The first-order chi connectivity index (χ1) is 8.17. The molecule has 1 aliphatic heterocycles. The van der Waals surface area contributed by atoms with E-state index in [1.807, 2.05) is 11.3 Å². The lowest BCUT2D eigenvalue weighted by Crippen LogP contribution is -2.61. The number of unbranched alkanes of at least 4 members (excludes halogenated alkanes) is 2. The minimum absolute atomic E-state index is 0.00880. The molecule has 1 aliphatic rings. The van der Waals surface area contributed by atoms with Crippen molar-refractivity contribution in [3.8, 4) is 0 Å². The molecule has 0 radical (unpaired) electrons. The van der Waals surface area contributed by atoms with Gasteiger partial charge in [-0.15, -0.1) is 12.6 Å². The molecule has 0 bridgehead atoms. The lowest BCUT2D eigenvalue weighted by Gasteiger charge is -2.39. The number of hydrogen-bond donors (Lipinski definition) is 4. The zero-order valence-corrected chi connectivity index (χ0v) is 12.5. The Balaban J connectivity index is 2.52. The highest BCUT2D eigenvalue weighted by atomic mass is 32.1. The molecule has 0 spiro atoms. The summed E-state index contributed by atoms with van der Waals surface area (Å²) in [6, 6.07) is 0. The molecule has 4 nitrogen and oxygen atoms in total. The second-order valence-corrected chi connectivity index (χ2v) is 5.25. The summed E-state index contributed by atoms with van der Waals surface area (Å²) in [6.07, 6.45) is 6.70. The summed E-state index contributed by atoms with van der Waals surface area (Å²) in [5, 5.41) is 5.04. The molecule has 0 aliphatic carbocycles. The van der Waals surface area contributed by atoms with E-state index in [0.29, 0.717) is 0 Å². The molecule has 0 fully saturated rings. The maximum atomic E-state index is 4.41. The number of rotatable bonds is 7. The van der Waals surface area contributed by atoms with Crippen LogP contribution in [0.25, 0.3) is 0 Å². The maximum Gasteiger partial charge on any atom is 0.0880 e. The van der Waals surface area contributed by atoms with Gasteiger partial charge in [0.15, 0.2) is 0 Å². The normalized spacial score (nSPS) is 21.5. The summed E-state index contributed by atoms with van der Waals surface area (Å²) >= 11 is 8.76. The van der Waals surface area contributed by atoms with Gasteiger partial charge in [-0.25, -0.2) is 10.4 Å². The van der Waals surface area contributed by atoms with Crippen molar-refractivity contribution in [3.05, 3.63) is 11.1 Å². The smallest absolute Gasteiger partial charge is 0.0880 e. The van der Waals surface area contributed by atoms with Gasteiger partial charge in [0.2, 0.25) is 0 Å². The van der Waals surface area contributed by atoms with Crippen LogP contribution in [0.1, 0.15) is 39.5 Å². The molecule has 1 atom stereocenters. The molecule has 1 rings (SSSR count). The summed E-state index contributed by atoms with van der Waals surface area (Å²) in [4.78, 5) is 0. The lowest BCUT2D eigenvalue weighted by atomic mass is 10.3. The number of hydrazine groups is 3. The summed E-state index contributed by atoms with van der Waals surface area (Å²) in [5.74, 6) is 0. The first-order valence-electron chi connectivity index (χ1n) is 6.34. The van der Waals surface area contributed by atoms with Crippen molar-refractivity contribution >= 4 is 25.3 Å². The number of nitrogens with zero attached hydrogens (tertiary/aromatic N) is 2. The Bertz CT molecular complexity index is 240. The third-order valence-electron chi connectivity index (χ3n) is 2.61. The summed E-state index contributed by atoms with van der Waals surface area (Å²) < 4.78 is 0. The summed E-state index contributed by atoms with van der Waals surface area (Å²) in [6.45, 7) is 6.50. The van der Waals surface area contributed by atoms with E-state index in [-0.39, 0.29) is 5.37 Å². The van der Waals surface area contributed by atoms with Crippen molar-refractivity contribution in [1.82, 2.24) is 21.1 Å². The van der Waals surface area contributed by atoms with Crippen molar-refractivity contribution in [2.45, 2.75) is 44.9 Å². The van der Waals surface area contributed by atoms with Gasteiger partial charge in [0, 0.05) is 13.1 Å². The van der Waals surface area contributed by atoms with Crippen molar-refractivity contribution < 1.29 is 0 Å². The van der Waals surface area contributed by atoms with Crippen molar-refractivity contribution in [2.24, 2.45) is 0 Å². The van der Waals surface area contributed by atoms with E-state index >= 15 is 0 Å². The predicted octanol–water partition coefficient (Wildman–Crippen LogP) is 2.16. The highest BCUT2D eigenvalue weighted by molar-refractivity contribution is 7.84. The average Bonchev–Trinajstić information content (AvgIpc) is 2.28. The third-order valence-corrected chi connectivity index (χ3v) is 3.13. The van der Waals surface area contributed by atoms with Gasteiger partial charge in [-0.05, 0) is 18.9 Å². The topological polar surface area (TPSA) is 30.5 Å². The Morgan fingerprint density at radius 2 is 1.88 bits per heavy atom. The number of hydrogen-bond acceptors (Lipinski definition) is 6. The Morgan fingerprint density at radius 3 is 2.35 bits per heavy atom. The second kappa shape index (κ2) is 8.26. The minimum Gasteiger partial charge on any atom is -0.286 e. The van der Waals surface area contributed by atoms with Gasteiger partial charge < -0.3 is 0 Å². The van der Waals surface area contributed by atoms with Gasteiger partial charge in [-0.3, -0.25) is 5.43 Å². The molecule has 0 aromatic carbocycles. The molecular formula is C11H24N4S2. The number of thiol groups is 2. The van der Waals surface area contributed by atoms with Crippen LogP contribution in [0.4, 0.5) is 0 Å². The fourth-order valence-corrected chi connectivity index (χ4v) is 2.26. The summed E-state index contributed by atoms with van der Waals surface area (Å²) in [7, 11) is 0. The molecular weight excluding hydrogens is 252 g/mol. The molecule has 2 N–H and O–H groups in total. The second-order valence-electron chi connectivity index (χ2n) is 4.21. The van der Waals surface area contributed by atoms with Crippen LogP contribution in [0, 0.1) is 0 Å². The standard InChI is InChI=1S/C11H24N4S2/c1-3-5-7-14(8-6-4-2)15-12-10(16)9-11(17)13-15/h9-10,12-13,16-17H,3-8H2,1-2H3. The SMILES string of the molecule is CCCCN(CCCC)N1NC(S)=CC(S)N1. The Kier molecular flexibility index (Phi) is 7.38. The summed E-state index contributed by atoms with van der Waals surface area (Å²) in [5.41, 5.74) is 6.44. The Labute approximate surface area is 116 Å². The predicted molar refractivity (Wildman–Crippen MR) is 79.3 cm³/mol. The van der Waals surface area contributed by atoms with E-state index in [1.165, 1.54) is 25.7 Å². The van der Waals surface area contributed by atoms with E-state index in [9.17, 15) is 0 Å². The molecule has 0 aromatic heterocycles. The fourth-order valence-electron chi connectivity index (χ4n) is 1.64. The van der Waals surface area contributed by atoms with Gasteiger partial charge in [0.05, 0.1) is 10.4 Å². The molecule has 6 heteroatoms. The molecule has 1 unspecified atom stereocenters. The van der Waals surface area contributed by atoms with Gasteiger partial charge in [-0.2, -0.15) is 12.6 Å². The van der Waals surface area contributed by atoms with Gasteiger partial charge in [0.1, 0.15) is 0 Å². The van der Waals surface area contributed by atoms with E-state index in [1.54, 1.807) is 0 Å². The van der Waals surface area contributed by atoms with Crippen LogP contribution < -0.4 is 10.9 Å². The van der Waals surface area contributed by atoms with E-state index in [2.05, 4.69) is 55.0 Å². The van der Waals surface area contributed by atoms with E-state index < -0.39 is 0 Å². The van der Waals surface area contributed by atoms with Crippen LogP contribution in [0.3, 0.4) is 0 Å². The van der Waals surface area contributed by atoms with E-state index in [0.717, 1.165) is 18.1 Å². The largest absolute Gasteiger partial charge is 0.286 e. The molecule has 0 saturated heterocycles. The molecule has 17 heavy (non-hydrogen) atoms. The molecule has 0 amide bonds. The van der Waals surface area contributed by atoms with E-state index in [4.69, 9.17) is 0 Å². The molecule has 1 heterocycles. The Hall–Kier alpha value is 0.120. The first kappa shape index (κ1) is 15.2. The molecule has 100 valence electrons. The van der Waals surface area contributed by atoms with Crippen LogP contribution in [0.5, 0.6) is 0 Å². The van der Waals surface area contributed by atoms with Crippen LogP contribution >= 0.6 is 25.3 Å². The lowest BCUT2D eigenvalue weighted by molar-refractivity contribution is -0.108. The van der Waals surface area contributed by atoms with Gasteiger partial charge >= 0.3 is 0 Å². The monoisotopic (exact) mass is 276 g/mol. The van der Waals surface area contributed by atoms with Gasteiger partial charge in [0.25, 0.3) is 0 Å². The van der Waals surface area contributed by atoms with Crippen LogP contribution in [-0.2, 0) is 0 Å². The average molecular weight is 276 g/mol. The Morgan fingerprint density at radius 1 is 1.29 bits per heavy atom. The maximum absolute atomic E-state index is 4.41. The highest BCUT2D eigenvalue weighted by Gasteiger charge is 2.20. The van der Waals surface area contributed by atoms with Crippen molar-refractivity contribution in [1.29, 1.82) is 0 Å². The number of nitrogens with one attached hydrogen (secondary N) is 2.